The Morgan fingerprint density at radius 3 is 1.38 bits per heavy atom. The van der Waals surface area contributed by atoms with Crippen molar-refractivity contribution in [3.8, 4) is 11.5 Å². The quantitative estimate of drug-likeness (QED) is 0.555. The maximum absolute atomic E-state index is 13.9. The first-order valence-corrected chi connectivity index (χ1v) is 12.5. The molecule has 0 bridgehead atoms. The SMILES string of the molecule is CCOC(=O)C1C(c2ccc(OC)cc2)NC(c2ccc(OC)cc2)C(C(=O)OCC)S1(=O)=O. The Morgan fingerprint density at radius 1 is 0.735 bits per heavy atom. The van der Waals surface area contributed by atoms with Crippen LogP contribution in [0.4, 0.5) is 0 Å². The van der Waals surface area contributed by atoms with Gasteiger partial charge in [0, 0.05) is 0 Å². The second kappa shape index (κ2) is 10.9. The van der Waals surface area contributed by atoms with Gasteiger partial charge in [-0.2, -0.15) is 0 Å². The number of benzene rings is 2. The third-order valence-corrected chi connectivity index (χ3v) is 8.01. The largest absolute Gasteiger partial charge is 0.497 e. The van der Waals surface area contributed by atoms with Gasteiger partial charge in [0.05, 0.1) is 39.5 Å². The molecular formula is C24H29NO8S. The molecule has 0 amide bonds. The number of hydrogen-bond acceptors (Lipinski definition) is 9. The van der Waals surface area contributed by atoms with Crippen LogP contribution in [0, 0.1) is 0 Å². The van der Waals surface area contributed by atoms with E-state index >= 15 is 0 Å². The molecule has 0 saturated carbocycles. The fourth-order valence-electron chi connectivity index (χ4n) is 4.06. The van der Waals surface area contributed by atoms with Crippen LogP contribution in [0.2, 0.25) is 0 Å². The van der Waals surface area contributed by atoms with Crippen molar-refractivity contribution >= 4 is 21.8 Å². The molecule has 9 nitrogen and oxygen atoms in total. The number of sulfone groups is 1. The van der Waals surface area contributed by atoms with E-state index in [0.717, 1.165) is 0 Å². The number of hydrogen-bond donors (Lipinski definition) is 1. The molecule has 1 aliphatic heterocycles. The van der Waals surface area contributed by atoms with Crippen molar-refractivity contribution in [2.75, 3.05) is 27.4 Å². The van der Waals surface area contributed by atoms with Crippen molar-refractivity contribution < 1.29 is 37.0 Å². The van der Waals surface area contributed by atoms with E-state index in [1.807, 2.05) is 0 Å². The van der Waals surface area contributed by atoms with Crippen molar-refractivity contribution in [3.05, 3.63) is 59.7 Å². The maximum atomic E-state index is 13.9. The lowest BCUT2D eigenvalue weighted by Gasteiger charge is -2.40. The van der Waals surface area contributed by atoms with Crippen LogP contribution in [-0.4, -0.2) is 58.3 Å². The van der Waals surface area contributed by atoms with Gasteiger partial charge in [0.2, 0.25) is 0 Å². The smallest absolute Gasteiger partial charge is 0.326 e. The maximum Gasteiger partial charge on any atom is 0.326 e. The number of carbonyl (C=O) groups is 2. The van der Waals surface area contributed by atoms with Gasteiger partial charge in [0.1, 0.15) is 11.5 Å². The van der Waals surface area contributed by atoms with E-state index in [9.17, 15) is 18.0 Å². The van der Waals surface area contributed by atoms with Gasteiger partial charge in [0.25, 0.3) is 0 Å². The third-order valence-electron chi connectivity index (χ3n) is 5.66. The van der Waals surface area contributed by atoms with Gasteiger partial charge < -0.3 is 18.9 Å². The predicted molar refractivity (Wildman–Crippen MR) is 124 cm³/mol. The van der Waals surface area contributed by atoms with Crippen LogP contribution in [0.1, 0.15) is 37.1 Å². The first-order valence-electron chi connectivity index (χ1n) is 10.9. The lowest BCUT2D eigenvalue weighted by Crippen LogP contribution is -2.59. The Balaban J connectivity index is 2.17. The van der Waals surface area contributed by atoms with E-state index in [2.05, 4.69) is 5.32 Å². The summed E-state index contributed by atoms with van der Waals surface area (Å²) in [6, 6.07) is 11.4. The molecule has 2 aromatic rings. The molecule has 0 aliphatic carbocycles. The highest BCUT2D eigenvalue weighted by Crippen LogP contribution is 2.40. The summed E-state index contributed by atoms with van der Waals surface area (Å²) in [4.78, 5) is 25.9. The van der Waals surface area contributed by atoms with Crippen molar-refractivity contribution in [1.82, 2.24) is 5.32 Å². The van der Waals surface area contributed by atoms with E-state index in [0.29, 0.717) is 22.6 Å². The summed E-state index contributed by atoms with van der Waals surface area (Å²) in [6.07, 6.45) is 0. The van der Waals surface area contributed by atoms with Gasteiger partial charge in [-0.05, 0) is 49.2 Å². The third kappa shape index (κ3) is 5.02. The zero-order valence-corrected chi connectivity index (χ0v) is 20.3. The van der Waals surface area contributed by atoms with Crippen LogP contribution in [0.25, 0.3) is 0 Å². The van der Waals surface area contributed by atoms with E-state index in [1.165, 1.54) is 14.2 Å². The zero-order valence-electron chi connectivity index (χ0n) is 19.5. The highest BCUT2D eigenvalue weighted by atomic mass is 32.2. The molecule has 4 unspecified atom stereocenters. The molecule has 0 radical (unpaired) electrons. The van der Waals surface area contributed by atoms with Crippen molar-refractivity contribution in [1.29, 1.82) is 0 Å². The molecule has 34 heavy (non-hydrogen) atoms. The fourth-order valence-corrected chi connectivity index (χ4v) is 6.28. The molecule has 1 saturated heterocycles. The zero-order chi connectivity index (χ0) is 24.9. The lowest BCUT2D eigenvalue weighted by atomic mass is 9.96. The van der Waals surface area contributed by atoms with E-state index in [4.69, 9.17) is 18.9 Å². The van der Waals surface area contributed by atoms with Crippen LogP contribution in [0.15, 0.2) is 48.5 Å². The molecule has 0 aromatic heterocycles. The van der Waals surface area contributed by atoms with Crippen LogP contribution in [-0.2, 0) is 28.9 Å². The lowest BCUT2D eigenvalue weighted by molar-refractivity contribution is -0.144. The highest BCUT2D eigenvalue weighted by Gasteiger charge is 2.57. The number of esters is 2. The van der Waals surface area contributed by atoms with Gasteiger partial charge in [-0.15, -0.1) is 0 Å². The number of carbonyl (C=O) groups excluding carboxylic acids is 2. The summed E-state index contributed by atoms with van der Waals surface area (Å²) in [5.74, 6) is -0.714. The van der Waals surface area contributed by atoms with Gasteiger partial charge in [-0.25, -0.2) is 8.42 Å². The molecule has 10 heteroatoms. The molecule has 2 aromatic carbocycles. The molecule has 1 N–H and O–H groups in total. The Bertz CT molecular complexity index is 1020. The molecule has 3 rings (SSSR count). The number of nitrogens with one attached hydrogen (secondary N) is 1. The van der Waals surface area contributed by atoms with Crippen LogP contribution >= 0.6 is 0 Å². The molecule has 1 fully saturated rings. The predicted octanol–water partition coefficient (Wildman–Crippen LogP) is 2.37. The summed E-state index contributed by atoms with van der Waals surface area (Å²) in [5, 5.41) is -0.0638. The Morgan fingerprint density at radius 2 is 1.09 bits per heavy atom. The molecule has 1 aliphatic rings. The molecule has 4 atom stereocenters. The van der Waals surface area contributed by atoms with Gasteiger partial charge in [-0.3, -0.25) is 14.9 Å². The number of methoxy groups -OCH3 is 2. The standard InChI is InChI=1S/C24H29NO8S/c1-5-32-23(26)21-19(15-7-11-17(30-3)12-8-15)25-20(16-9-13-18(31-4)14-10-16)22(34(21,28)29)24(27)33-6-2/h7-14,19-22,25H,5-6H2,1-4H3. The fraction of sp³-hybridized carbons (Fsp3) is 0.417. The van der Waals surface area contributed by atoms with Crippen molar-refractivity contribution in [2.24, 2.45) is 0 Å². The Hall–Kier alpha value is -3.11. The highest BCUT2D eigenvalue weighted by molar-refractivity contribution is 7.94. The Kier molecular flexibility index (Phi) is 8.16. The molecule has 184 valence electrons. The minimum Gasteiger partial charge on any atom is -0.497 e. The monoisotopic (exact) mass is 491 g/mol. The van der Waals surface area contributed by atoms with Crippen molar-refractivity contribution in [2.45, 2.75) is 36.4 Å². The van der Waals surface area contributed by atoms with Crippen molar-refractivity contribution in [3.63, 3.8) is 0 Å². The summed E-state index contributed by atoms with van der Waals surface area (Å²) < 4.78 is 48.4. The normalized spacial score (nSPS) is 23.5. The molecule has 1 heterocycles. The number of ether oxygens (including phenoxy) is 4. The van der Waals surface area contributed by atoms with Crippen LogP contribution in [0.5, 0.6) is 11.5 Å². The average Bonchev–Trinajstić information content (AvgIpc) is 2.83. The minimum atomic E-state index is -4.41. The first-order chi connectivity index (χ1) is 16.3. The molecule has 0 spiro atoms. The number of rotatable bonds is 8. The second-order valence-corrected chi connectivity index (χ2v) is 9.80. The van der Waals surface area contributed by atoms with Crippen LogP contribution < -0.4 is 14.8 Å². The minimum absolute atomic E-state index is 0.00777. The van der Waals surface area contributed by atoms with Gasteiger partial charge in [-0.1, -0.05) is 24.3 Å². The van der Waals surface area contributed by atoms with Gasteiger partial charge >= 0.3 is 11.9 Å². The Labute approximate surface area is 199 Å². The summed E-state index contributed by atoms with van der Waals surface area (Å²) >= 11 is 0. The summed E-state index contributed by atoms with van der Waals surface area (Å²) in [6.45, 7) is 3.16. The van der Waals surface area contributed by atoms with Gasteiger partial charge in [0.15, 0.2) is 20.3 Å². The summed E-state index contributed by atoms with van der Waals surface area (Å²) in [5.41, 5.74) is 1.06. The van der Waals surface area contributed by atoms with E-state index in [-0.39, 0.29) is 13.2 Å². The first kappa shape index (κ1) is 25.5. The topological polar surface area (TPSA) is 117 Å². The second-order valence-electron chi connectivity index (χ2n) is 7.60. The molecular weight excluding hydrogens is 462 g/mol. The average molecular weight is 492 g/mol. The summed E-state index contributed by atoms with van der Waals surface area (Å²) in [7, 11) is -1.37. The van der Waals surface area contributed by atoms with Crippen LogP contribution in [0.3, 0.4) is 0 Å². The van der Waals surface area contributed by atoms with E-state index < -0.39 is 44.4 Å². The van der Waals surface area contributed by atoms with E-state index in [1.54, 1.807) is 62.4 Å².